The average molecular weight is 302 g/mol. The molecule has 3 N–H and O–H groups in total. The Morgan fingerprint density at radius 2 is 2.00 bits per heavy atom. The summed E-state index contributed by atoms with van der Waals surface area (Å²) < 4.78 is 43.8. The molecule has 1 aromatic rings. The molecule has 0 aromatic heterocycles. The first-order valence-corrected chi connectivity index (χ1v) is 7.60. The highest BCUT2D eigenvalue weighted by molar-refractivity contribution is 7.89. The number of hydrogen-bond donors (Lipinski definition) is 2. The lowest BCUT2D eigenvalue weighted by Crippen LogP contribution is -2.30. The van der Waals surface area contributed by atoms with Crippen molar-refractivity contribution in [2.75, 3.05) is 13.2 Å². The highest BCUT2D eigenvalue weighted by Gasteiger charge is 2.14. The number of halogens is 1. The van der Waals surface area contributed by atoms with Crippen molar-refractivity contribution in [2.24, 2.45) is 5.73 Å². The van der Waals surface area contributed by atoms with Gasteiger partial charge in [-0.15, -0.1) is 0 Å². The van der Waals surface area contributed by atoms with E-state index in [1.807, 2.05) is 0 Å². The van der Waals surface area contributed by atoms with Crippen LogP contribution in [0.5, 0.6) is 5.75 Å². The number of benzene rings is 1. The maximum atomic E-state index is 12.3. The smallest absolute Gasteiger partial charge is 0.240 e. The second-order valence-electron chi connectivity index (χ2n) is 4.51. The lowest BCUT2D eigenvalue weighted by molar-refractivity contribution is 0.347. The zero-order chi connectivity index (χ0) is 15.2. The Balaban J connectivity index is 2.74. The zero-order valence-corrected chi connectivity index (χ0v) is 12.3. The van der Waals surface area contributed by atoms with Crippen LogP contribution in [-0.2, 0) is 10.0 Å². The van der Waals surface area contributed by atoms with Gasteiger partial charge in [-0.3, -0.25) is 0 Å². The SMILES string of the molecule is CC(C)NS(=O)(=O)c1ccc(OCC(=CF)CN)cc1. The lowest BCUT2D eigenvalue weighted by Gasteiger charge is -2.11. The van der Waals surface area contributed by atoms with Gasteiger partial charge in [-0.2, -0.15) is 0 Å². The van der Waals surface area contributed by atoms with E-state index in [1.54, 1.807) is 13.8 Å². The van der Waals surface area contributed by atoms with Crippen LogP contribution in [-0.4, -0.2) is 27.6 Å². The minimum Gasteiger partial charge on any atom is -0.489 e. The van der Waals surface area contributed by atoms with Crippen molar-refractivity contribution in [3.05, 3.63) is 36.2 Å². The van der Waals surface area contributed by atoms with Crippen molar-refractivity contribution in [1.82, 2.24) is 4.72 Å². The fourth-order valence-electron chi connectivity index (χ4n) is 1.40. The maximum absolute atomic E-state index is 12.3. The maximum Gasteiger partial charge on any atom is 0.240 e. The molecule has 112 valence electrons. The van der Waals surface area contributed by atoms with Crippen molar-refractivity contribution < 1.29 is 17.5 Å². The number of rotatable bonds is 7. The molecule has 0 aliphatic heterocycles. The second-order valence-corrected chi connectivity index (χ2v) is 6.22. The third kappa shape index (κ3) is 4.92. The van der Waals surface area contributed by atoms with E-state index in [4.69, 9.17) is 10.5 Å². The highest BCUT2D eigenvalue weighted by Crippen LogP contribution is 2.16. The molecular formula is C13H19FN2O3S. The van der Waals surface area contributed by atoms with E-state index in [-0.39, 0.29) is 24.1 Å². The van der Waals surface area contributed by atoms with E-state index >= 15 is 0 Å². The summed E-state index contributed by atoms with van der Waals surface area (Å²) in [5, 5.41) is 0. The predicted molar refractivity (Wildman–Crippen MR) is 75.6 cm³/mol. The first-order chi connectivity index (χ1) is 9.39. The van der Waals surface area contributed by atoms with Crippen molar-refractivity contribution in [2.45, 2.75) is 24.8 Å². The van der Waals surface area contributed by atoms with Gasteiger partial charge in [-0.05, 0) is 38.1 Å². The summed E-state index contributed by atoms with van der Waals surface area (Å²) in [6.45, 7) is 3.59. The van der Waals surface area contributed by atoms with E-state index in [1.165, 1.54) is 24.3 Å². The van der Waals surface area contributed by atoms with Gasteiger partial charge in [0.25, 0.3) is 0 Å². The minimum atomic E-state index is -3.51. The predicted octanol–water partition coefficient (Wildman–Crippen LogP) is 1.56. The molecule has 0 atom stereocenters. The molecular weight excluding hydrogens is 283 g/mol. The quantitative estimate of drug-likeness (QED) is 0.801. The van der Waals surface area contributed by atoms with Gasteiger partial charge in [-0.1, -0.05) is 0 Å². The van der Waals surface area contributed by atoms with Crippen molar-refractivity contribution in [3.8, 4) is 5.75 Å². The summed E-state index contributed by atoms with van der Waals surface area (Å²) in [6, 6.07) is 5.71. The van der Waals surface area contributed by atoms with Crippen LogP contribution in [0.1, 0.15) is 13.8 Å². The molecule has 0 aliphatic rings. The number of sulfonamides is 1. The molecule has 0 fully saturated rings. The van der Waals surface area contributed by atoms with Gasteiger partial charge in [0, 0.05) is 18.2 Å². The Labute approximate surface area is 118 Å². The van der Waals surface area contributed by atoms with Crippen LogP contribution in [0, 0.1) is 0 Å². The summed E-state index contributed by atoms with van der Waals surface area (Å²) in [5.41, 5.74) is 5.62. The Morgan fingerprint density at radius 3 is 2.45 bits per heavy atom. The third-order valence-electron chi connectivity index (χ3n) is 2.37. The normalized spacial score (nSPS) is 12.8. The van der Waals surface area contributed by atoms with E-state index in [2.05, 4.69) is 4.72 Å². The molecule has 0 saturated carbocycles. The van der Waals surface area contributed by atoms with Gasteiger partial charge in [0.2, 0.25) is 10.0 Å². The van der Waals surface area contributed by atoms with Crippen molar-refractivity contribution >= 4 is 10.0 Å². The molecule has 0 bridgehead atoms. The van der Waals surface area contributed by atoms with Crippen LogP contribution < -0.4 is 15.2 Å². The standard InChI is InChI=1S/C13H19FN2O3S/c1-10(2)16-20(17,18)13-5-3-12(4-6-13)19-9-11(7-14)8-15/h3-7,10,16H,8-9,15H2,1-2H3. The molecule has 20 heavy (non-hydrogen) atoms. The summed E-state index contributed by atoms with van der Waals surface area (Å²) in [4.78, 5) is 0.152. The van der Waals surface area contributed by atoms with Gasteiger partial charge >= 0.3 is 0 Å². The molecule has 0 spiro atoms. The number of ether oxygens (including phenoxy) is 1. The fourth-order valence-corrected chi connectivity index (χ4v) is 2.66. The van der Waals surface area contributed by atoms with Gasteiger partial charge in [0.05, 0.1) is 11.2 Å². The molecule has 0 heterocycles. The molecule has 7 heteroatoms. The van der Waals surface area contributed by atoms with Crippen LogP contribution in [0.25, 0.3) is 0 Å². The molecule has 0 radical (unpaired) electrons. The van der Waals surface area contributed by atoms with E-state index in [9.17, 15) is 12.8 Å². The van der Waals surface area contributed by atoms with E-state index in [0.717, 1.165) is 0 Å². The third-order valence-corrected chi connectivity index (χ3v) is 4.04. The van der Waals surface area contributed by atoms with E-state index < -0.39 is 10.0 Å². The van der Waals surface area contributed by atoms with Gasteiger partial charge in [0.15, 0.2) is 0 Å². The van der Waals surface area contributed by atoms with Gasteiger partial charge in [0.1, 0.15) is 12.4 Å². The largest absolute Gasteiger partial charge is 0.489 e. The van der Waals surface area contributed by atoms with Crippen LogP contribution in [0.15, 0.2) is 41.1 Å². The van der Waals surface area contributed by atoms with Crippen LogP contribution >= 0.6 is 0 Å². The first-order valence-electron chi connectivity index (χ1n) is 6.12. The summed E-state index contributed by atoms with van der Waals surface area (Å²) in [7, 11) is -3.51. The lowest BCUT2D eigenvalue weighted by atomic mass is 10.3. The fraction of sp³-hybridized carbons (Fsp3) is 0.385. The van der Waals surface area contributed by atoms with Gasteiger partial charge < -0.3 is 10.5 Å². The highest BCUT2D eigenvalue weighted by atomic mass is 32.2. The molecule has 0 aliphatic carbocycles. The van der Waals surface area contributed by atoms with Crippen molar-refractivity contribution in [1.29, 1.82) is 0 Å². The average Bonchev–Trinajstić information content (AvgIpc) is 2.39. The summed E-state index contributed by atoms with van der Waals surface area (Å²) in [6.07, 6.45) is 0.408. The van der Waals surface area contributed by atoms with Crippen LogP contribution in [0.3, 0.4) is 0 Å². The van der Waals surface area contributed by atoms with Crippen molar-refractivity contribution in [3.63, 3.8) is 0 Å². The Morgan fingerprint density at radius 1 is 1.40 bits per heavy atom. The molecule has 0 unspecified atom stereocenters. The summed E-state index contributed by atoms with van der Waals surface area (Å²) in [5.74, 6) is 0.446. The monoisotopic (exact) mass is 302 g/mol. The minimum absolute atomic E-state index is 0.0311. The number of nitrogens with two attached hydrogens (primary N) is 1. The van der Waals surface area contributed by atoms with Gasteiger partial charge in [-0.25, -0.2) is 17.5 Å². The van der Waals surface area contributed by atoms with Crippen LogP contribution in [0.4, 0.5) is 4.39 Å². The number of nitrogens with one attached hydrogen (secondary N) is 1. The molecule has 5 nitrogen and oxygen atoms in total. The van der Waals surface area contributed by atoms with E-state index in [0.29, 0.717) is 17.7 Å². The molecule has 1 aromatic carbocycles. The molecule has 0 amide bonds. The Bertz CT molecular complexity index is 553. The first kappa shape index (κ1) is 16.6. The topological polar surface area (TPSA) is 81.4 Å². The summed E-state index contributed by atoms with van der Waals surface area (Å²) >= 11 is 0. The Kier molecular flexibility index (Phi) is 6.12. The number of hydrogen-bond acceptors (Lipinski definition) is 4. The zero-order valence-electron chi connectivity index (χ0n) is 11.5. The van der Waals surface area contributed by atoms with Crippen LogP contribution in [0.2, 0.25) is 0 Å². The second kappa shape index (κ2) is 7.37. The Hall–Kier alpha value is -1.44. The molecule has 1 rings (SSSR count). The molecule has 0 saturated heterocycles.